The van der Waals surface area contributed by atoms with Crippen molar-refractivity contribution in [3.05, 3.63) is 0 Å². The van der Waals surface area contributed by atoms with Crippen molar-refractivity contribution in [2.24, 2.45) is 5.92 Å². The maximum atomic E-state index is 11.6. The van der Waals surface area contributed by atoms with Crippen LogP contribution in [-0.4, -0.2) is 12.5 Å². The van der Waals surface area contributed by atoms with E-state index >= 15 is 0 Å². The molecular weight excluding hydrogens is 222 g/mol. The molecule has 0 bridgehead atoms. The van der Waals surface area contributed by atoms with Gasteiger partial charge in [0.05, 0.1) is 0 Å². The lowest BCUT2D eigenvalue weighted by Gasteiger charge is -2.13. The summed E-state index contributed by atoms with van der Waals surface area (Å²) in [6, 6.07) is 0. The van der Waals surface area contributed by atoms with E-state index in [0.717, 1.165) is 25.8 Å². The zero-order valence-electron chi connectivity index (χ0n) is 12.8. The van der Waals surface area contributed by atoms with Gasteiger partial charge in [-0.25, -0.2) is 0 Å². The molecule has 0 aliphatic heterocycles. The first-order valence-corrected chi connectivity index (χ1v) is 8.01. The van der Waals surface area contributed by atoms with Gasteiger partial charge in [-0.05, 0) is 12.3 Å². The van der Waals surface area contributed by atoms with Gasteiger partial charge < -0.3 is 5.32 Å². The van der Waals surface area contributed by atoms with E-state index in [1.807, 2.05) is 0 Å². The van der Waals surface area contributed by atoms with Crippen molar-refractivity contribution in [3.8, 4) is 0 Å². The summed E-state index contributed by atoms with van der Waals surface area (Å²) < 4.78 is 0. The minimum absolute atomic E-state index is 0.246. The van der Waals surface area contributed by atoms with Crippen molar-refractivity contribution in [1.82, 2.24) is 5.32 Å². The van der Waals surface area contributed by atoms with E-state index in [0.29, 0.717) is 12.3 Å². The first-order valence-electron chi connectivity index (χ1n) is 8.01. The Bertz CT molecular complexity index is 188. The molecule has 1 amide bonds. The molecule has 2 heteroatoms. The van der Waals surface area contributed by atoms with Crippen LogP contribution in [0.1, 0.15) is 85.0 Å². The molecule has 0 rings (SSSR count). The molecule has 108 valence electrons. The highest BCUT2D eigenvalue weighted by molar-refractivity contribution is 5.75. The highest BCUT2D eigenvalue weighted by Crippen LogP contribution is 2.09. The average Bonchev–Trinajstić information content (AvgIpc) is 2.39. The van der Waals surface area contributed by atoms with Crippen molar-refractivity contribution in [3.63, 3.8) is 0 Å². The van der Waals surface area contributed by atoms with Gasteiger partial charge >= 0.3 is 0 Å². The van der Waals surface area contributed by atoms with E-state index in [9.17, 15) is 4.79 Å². The quantitative estimate of drug-likeness (QED) is 0.504. The normalized spacial score (nSPS) is 10.9. The van der Waals surface area contributed by atoms with Crippen LogP contribution in [0.4, 0.5) is 0 Å². The zero-order chi connectivity index (χ0) is 13.6. The van der Waals surface area contributed by atoms with Crippen LogP contribution in [0, 0.1) is 5.92 Å². The number of unbranched alkanes of at least 4 members (excludes halogenated alkanes) is 6. The first kappa shape index (κ1) is 17.5. The molecule has 0 aliphatic rings. The highest BCUT2D eigenvalue weighted by atomic mass is 16.1. The number of nitrogens with one attached hydrogen (secondary N) is 1. The van der Waals surface area contributed by atoms with Crippen LogP contribution in [0.5, 0.6) is 0 Å². The summed E-state index contributed by atoms with van der Waals surface area (Å²) in [5.41, 5.74) is 0. The predicted molar refractivity (Wildman–Crippen MR) is 79.7 cm³/mol. The smallest absolute Gasteiger partial charge is 0.220 e. The van der Waals surface area contributed by atoms with Crippen LogP contribution in [0.15, 0.2) is 0 Å². The van der Waals surface area contributed by atoms with Crippen molar-refractivity contribution in [2.75, 3.05) is 6.54 Å². The summed E-state index contributed by atoms with van der Waals surface area (Å²) in [6.45, 7) is 7.49. The van der Waals surface area contributed by atoms with Crippen LogP contribution < -0.4 is 5.32 Å². The zero-order valence-corrected chi connectivity index (χ0v) is 12.8. The lowest BCUT2D eigenvalue weighted by molar-refractivity contribution is -0.121. The molecule has 0 radical (unpaired) electrons. The summed E-state index contributed by atoms with van der Waals surface area (Å²) in [5, 5.41) is 3.06. The lowest BCUT2D eigenvalue weighted by atomic mass is 10.0. The fourth-order valence-corrected chi connectivity index (χ4v) is 2.17. The molecule has 0 spiro atoms. The minimum atomic E-state index is 0.246. The molecular formula is C16H33NO. The summed E-state index contributed by atoms with van der Waals surface area (Å²) in [7, 11) is 0. The van der Waals surface area contributed by atoms with Gasteiger partial charge in [0.15, 0.2) is 0 Å². The molecule has 0 aliphatic carbocycles. The SMILES string of the molecule is CCCCCCCCCC(=O)NCC(CC)CC. The molecule has 0 aromatic heterocycles. The van der Waals surface area contributed by atoms with Gasteiger partial charge in [-0.15, -0.1) is 0 Å². The molecule has 18 heavy (non-hydrogen) atoms. The third-order valence-electron chi connectivity index (χ3n) is 3.75. The second-order valence-electron chi connectivity index (χ2n) is 5.36. The second-order valence-corrected chi connectivity index (χ2v) is 5.36. The van der Waals surface area contributed by atoms with Crippen LogP contribution in [0.2, 0.25) is 0 Å². The van der Waals surface area contributed by atoms with Crippen molar-refractivity contribution in [1.29, 1.82) is 0 Å². The molecule has 0 unspecified atom stereocenters. The Morgan fingerprint density at radius 3 is 2.00 bits per heavy atom. The number of hydrogen-bond donors (Lipinski definition) is 1. The topological polar surface area (TPSA) is 29.1 Å². The highest BCUT2D eigenvalue weighted by Gasteiger charge is 2.06. The summed E-state index contributed by atoms with van der Waals surface area (Å²) in [4.78, 5) is 11.6. The van der Waals surface area contributed by atoms with Gasteiger partial charge in [0.1, 0.15) is 0 Å². The van der Waals surface area contributed by atoms with E-state index in [-0.39, 0.29) is 5.91 Å². The van der Waals surface area contributed by atoms with Crippen molar-refractivity contribution in [2.45, 2.75) is 85.0 Å². The van der Waals surface area contributed by atoms with Gasteiger partial charge in [0, 0.05) is 13.0 Å². The van der Waals surface area contributed by atoms with E-state index in [1.165, 1.54) is 38.5 Å². The van der Waals surface area contributed by atoms with E-state index < -0.39 is 0 Å². The summed E-state index contributed by atoms with van der Waals surface area (Å²) in [6.07, 6.45) is 12.0. The number of amides is 1. The molecule has 2 nitrogen and oxygen atoms in total. The summed E-state index contributed by atoms with van der Waals surface area (Å²) in [5.74, 6) is 0.901. The van der Waals surface area contributed by atoms with Crippen LogP contribution in [0.25, 0.3) is 0 Å². The van der Waals surface area contributed by atoms with E-state index in [1.54, 1.807) is 0 Å². The van der Waals surface area contributed by atoms with Gasteiger partial charge in [-0.3, -0.25) is 4.79 Å². The van der Waals surface area contributed by atoms with Crippen molar-refractivity contribution < 1.29 is 4.79 Å². The molecule has 0 saturated carbocycles. The fraction of sp³-hybridized carbons (Fsp3) is 0.938. The monoisotopic (exact) mass is 255 g/mol. The molecule has 0 aromatic carbocycles. The molecule has 0 saturated heterocycles. The van der Waals surface area contributed by atoms with Gasteiger partial charge in [0.2, 0.25) is 5.91 Å². The van der Waals surface area contributed by atoms with Crippen LogP contribution >= 0.6 is 0 Å². The molecule has 1 N–H and O–H groups in total. The van der Waals surface area contributed by atoms with Crippen LogP contribution in [-0.2, 0) is 4.79 Å². The Hall–Kier alpha value is -0.530. The average molecular weight is 255 g/mol. The maximum absolute atomic E-state index is 11.6. The number of hydrogen-bond acceptors (Lipinski definition) is 1. The van der Waals surface area contributed by atoms with Gasteiger partial charge in [0.25, 0.3) is 0 Å². The molecule has 0 aromatic rings. The van der Waals surface area contributed by atoms with Gasteiger partial charge in [-0.1, -0.05) is 72.1 Å². The predicted octanol–water partition coefficient (Wildman–Crippen LogP) is 4.68. The number of rotatable bonds is 12. The maximum Gasteiger partial charge on any atom is 0.220 e. The Morgan fingerprint density at radius 2 is 1.44 bits per heavy atom. The number of carbonyl (C=O) groups excluding carboxylic acids is 1. The van der Waals surface area contributed by atoms with Crippen molar-refractivity contribution >= 4 is 5.91 Å². The van der Waals surface area contributed by atoms with Gasteiger partial charge in [-0.2, -0.15) is 0 Å². The standard InChI is InChI=1S/C16H33NO/c1-4-7-8-9-10-11-12-13-16(18)17-14-15(5-2)6-3/h15H,4-14H2,1-3H3,(H,17,18). The largest absolute Gasteiger partial charge is 0.356 e. The first-order chi connectivity index (χ1) is 8.74. The Balaban J connectivity index is 3.31. The van der Waals surface area contributed by atoms with Crippen LogP contribution in [0.3, 0.4) is 0 Å². The Morgan fingerprint density at radius 1 is 0.889 bits per heavy atom. The third-order valence-corrected chi connectivity index (χ3v) is 3.75. The molecule has 0 fully saturated rings. The molecule has 0 heterocycles. The minimum Gasteiger partial charge on any atom is -0.356 e. The summed E-state index contributed by atoms with van der Waals surface area (Å²) >= 11 is 0. The Kier molecular flexibility index (Phi) is 12.5. The second kappa shape index (κ2) is 12.9. The number of carbonyl (C=O) groups is 1. The molecule has 0 atom stereocenters. The fourth-order valence-electron chi connectivity index (χ4n) is 2.17. The van der Waals surface area contributed by atoms with E-state index in [2.05, 4.69) is 26.1 Å². The lowest BCUT2D eigenvalue weighted by Crippen LogP contribution is -2.28. The third kappa shape index (κ3) is 10.6. The Labute approximate surface area is 114 Å². The van der Waals surface area contributed by atoms with E-state index in [4.69, 9.17) is 0 Å².